The molecule has 0 saturated heterocycles. The van der Waals surface area contributed by atoms with E-state index in [9.17, 15) is 5.11 Å². The molecule has 3 rings (SSSR count). The third-order valence-electron chi connectivity index (χ3n) is 4.06. The molecule has 3 aromatic carbocycles. The molecule has 29 heavy (non-hydrogen) atoms. The van der Waals surface area contributed by atoms with E-state index in [1.165, 1.54) is 0 Å². The maximum absolute atomic E-state index is 10.1. The summed E-state index contributed by atoms with van der Waals surface area (Å²) < 4.78 is 17.8. The van der Waals surface area contributed by atoms with E-state index in [1.54, 1.807) is 18.2 Å². The predicted octanol–water partition coefficient (Wildman–Crippen LogP) is 5.01. The molecule has 152 valence electrons. The van der Waals surface area contributed by atoms with Crippen LogP contribution in [0.25, 0.3) is 0 Å². The predicted molar refractivity (Wildman–Crippen MR) is 114 cm³/mol. The van der Waals surface area contributed by atoms with E-state index < -0.39 is 6.10 Å². The molecule has 5 nitrogen and oxygen atoms in total. The Morgan fingerprint density at radius 2 is 1.34 bits per heavy atom. The summed E-state index contributed by atoms with van der Waals surface area (Å²) in [5, 5.41) is 13.3. The quantitative estimate of drug-likeness (QED) is 0.507. The molecule has 0 aromatic heterocycles. The van der Waals surface area contributed by atoms with E-state index in [-0.39, 0.29) is 6.61 Å². The molecule has 0 aliphatic rings. The first-order chi connectivity index (χ1) is 14.1. The summed E-state index contributed by atoms with van der Waals surface area (Å²) in [6, 6.07) is 24.7. The van der Waals surface area contributed by atoms with Crippen molar-refractivity contribution in [2.75, 3.05) is 13.2 Å². The summed E-state index contributed by atoms with van der Waals surface area (Å²) in [6.45, 7) is 4.72. The van der Waals surface area contributed by atoms with E-state index >= 15 is 0 Å². The van der Waals surface area contributed by atoms with E-state index in [2.05, 4.69) is 5.32 Å². The monoisotopic (exact) mass is 393 g/mol. The Labute approximate surface area is 171 Å². The maximum atomic E-state index is 10.1. The highest BCUT2D eigenvalue weighted by molar-refractivity contribution is 5.49. The molecular formula is C24H27NO4. The van der Waals surface area contributed by atoms with E-state index in [1.807, 2.05) is 74.5 Å². The number of hydrogen-bond acceptors (Lipinski definition) is 5. The van der Waals surface area contributed by atoms with Crippen LogP contribution in [-0.4, -0.2) is 30.4 Å². The van der Waals surface area contributed by atoms with Crippen molar-refractivity contribution < 1.29 is 19.3 Å². The van der Waals surface area contributed by atoms with E-state index in [0.717, 1.165) is 0 Å². The fraction of sp³-hybridized carbons (Fsp3) is 0.250. The number of hydrogen-bond donors (Lipinski definition) is 2. The van der Waals surface area contributed by atoms with Crippen LogP contribution >= 0.6 is 0 Å². The first kappa shape index (κ1) is 20.7. The van der Waals surface area contributed by atoms with Crippen LogP contribution < -0.4 is 19.5 Å². The molecule has 0 bridgehead atoms. The highest BCUT2D eigenvalue weighted by Crippen LogP contribution is 2.37. The topological polar surface area (TPSA) is 60.0 Å². The molecule has 2 N–H and O–H groups in total. The zero-order chi connectivity index (χ0) is 20.5. The summed E-state index contributed by atoms with van der Waals surface area (Å²) in [5.41, 5.74) is 0. The van der Waals surface area contributed by atoms with Crippen LogP contribution in [0.3, 0.4) is 0 Å². The van der Waals surface area contributed by atoms with Gasteiger partial charge in [0.25, 0.3) is 0 Å². The number of aliphatic hydroxyl groups excluding tert-OH is 1. The van der Waals surface area contributed by atoms with Crippen LogP contribution in [0.5, 0.6) is 28.7 Å². The summed E-state index contributed by atoms with van der Waals surface area (Å²) in [6.07, 6.45) is -0.601. The van der Waals surface area contributed by atoms with Crippen molar-refractivity contribution >= 4 is 0 Å². The number of nitrogens with one attached hydrogen (secondary N) is 1. The van der Waals surface area contributed by atoms with Crippen molar-refractivity contribution in [1.29, 1.82) is 0 Å². The van der Waals surface area contributed by atoms with Gasteiger partial charge in [0.1, 0.15) is 30.0 Å². The van der Waals surface area contributed by atoms with Gasteiger partial charge in [-0.1, -0.05) is 50.2 Å². The molecule has 0 heterocycles. The van der Waals surface area contributed by atoms with E-state index in [4.69, 9.17) is 14.2 Å². The smallest absolute Gasteiger partial charge is 0.173 e. The normalized spacial score (nSPS) is 11.9. The van der Waals surface area contributed by atoms with Crippen molar-refractivity contribution in [3.8, 4) is 28.7 Å². The van der Waals surface area contributed by atoms with Gasteiger partial charge >= 0.3 is 0 Å². The van der Waals surface area contributed by atoms with Crippen LogP contribution in [0.1, 0.15) is 13.8 Å². The van der Waals surface area contributed by atoms with Gasteiger partial charge in [-0.25, -0.2) is 0 Å². The SMILES string of the molecule is CC(C)NCC(O)COc1ccc(Oc2ccccc2)c(Oc2ccccc2)c1. The molecule has 0 aliphatic heterocycles. The summed E-state index contributed by atoms with van der Waals surface area (Å²) in [4.78, 5) is 0. The third-order valence-corrected chi connectivity index (χ3v) is 4.06. The minimum Gasteiger partial charge on any atom is -0.491 e. The average Bonchev–Trinajstić information content (AvgIpc) is 2.74. The van der Waals surface area contributed by atoms with Crippen molar-refractivity contribution in [3.63, 3.8) is 0 Å². The molecule has 0 spiro atoms. The lowest BCUT2D eigenvalue weighted by Gasteiger charge is -2.17. The Morgan fingerprint density at radius 1 is 0.759 bits per heavy atom. The molecule has 0 saturated carbocycles. The van der Waals surface area contributed by atoms with Crippen LogP contribution in [0.15, 0.2) is 78.9 Å². The number of rotatable bonds is 10. The first-order valence-corrected chi connectivity index (χ1v) is 9.74. The zero-order valence-corrected chi connectivity index (χ0v) is 16.7. The highest BCUT2D eigenvalue weighted by Gasteiger charge is 2.12. The lowest BCUT2D eigenvalue weighted by atomic mass is 10.2. The lowest BCUT2D eigenvalue weighted by Crippen LogP contribution is -2.35. The molecular weight excluding hydrogens is 366 g/mol. The van der Waals surface area contributed by atoms with Crippen LogP contribution in [0.2, 0.25) is 0 Å². The van der Waals surface area contributed by atoms with E-state index in [0.29, 0.717) is 41.3 Å². The largest absolute Gasteiger partial charge is 0.491 e. The number of ether oxygens (including phenoxy) is 3. The maximum Gasteiger partial charge on any atom is 0.173 e. The molecule has 3 aromatic rings. The van der Waals surface area contributed by atoms with Crippen LogP contribution in [0, 0.1) is 0 Å². The van der Waals surface area contributed by atoms with Crippen molar-refractivity contribution in [1.82, 2.24) is 5.32 Å². The number of benzene rings is 3. The minimum atomic E-state index is -0.601. The molecule has 1 atom stereocenters. The van der Waals surface area contributed by atoms with Gasteiger partial charge in [0.05, 0.1) is 0 Å². The molecule has 0 fully saturated rings. The van der Waals surface area contributed by atoms with Gasteiger partial charge in [0, 0.05) is 18.7 Å². The molecule has 1 unspecified atom stereocenters. The van der Waals surface area contributed by atoms with Gasteiger partial charge in [-0.3, -0.25) is 0 Å². The van der Waals surface area contributed by atoms with Gasteiger partial charge in [0.2, 0.25) is 0 Å². The Kier molecular flexibility index (Phi) is 7.50. The van der Waals surface area contributed by atoms with Crippen molar-refractivity contribution in [3.05, 3.63) is 78.9 Å². The zero-order valence-electron chi connectivity index (χ0n) is 16.7. The summed E-state index contributed by atoms with van der Waals surface area (Å²) in [5.74, 6) is 3.12. The Hall–Kier alpha value is -3.02. The van der Waals surface area contributed by atoms with Gasteiger partial charge in [-0.05, 0) is 36.4 Å². The second kappa shape index (κ2) is 10.5. The first-order valence-electron chi connectivity index (χ1n) is 9.74. The second-order valence-electron chi connectivity index (χ2n) is 6.97. The minimum absolute atomic E-state index is 0.184. The van der Waals surface area contributed by atoms with Crippen molar-refractivity contribution in [2.24, 2.45) is 0 Å². The molecule has 5 heteroatoms. The number of aliphatic hydroxyl groups is 1. The molecule has 0 aliphatic carbocycles. The molecule has 0 amide bonds. The van der Waals surface area contributed by atoms with Gasteiger partial charge < -0.3 is 24.6 Å². The Balaban J connectivity index is 1.74. The van der Waals surface area contributed by atoms with Gasteiger partial charge in [-0.2, -0.15) is 0 Å². The molecule has 0 radical (unpaired) electrons. The second-order valence-corrected chi connectivity index (χ2v) is 6.97. The number of para-hydroxylation sites is 2. The third kappa shape index (κ3) is 6.82. The van der Waals surface area contributed by atoms with Gasteiger partial charge in [0.15, 0.2) is 11.5 Å². The Bertz CT molecular complexity index is 869. The summed E-state index contributed by atoms with van der Waals surface area (Å²) in [7, 11) is 0. The lowest BCUT2D eigenvalue weighted by molar-refractivity contribution is 0.104. The highest BCUT2D eigenvalue weighted by atomic mass is 16.5. The van der Waals surface area contributed by atoms with Crippen molar-refractivity contribution in [2.45, 2.75) is 26.0 Å². The fourth-order valence-electron chi connectivity index (χ4n) is 2.60. The average molecular weight is 393 g/mol. The van der Waals surface area contributed by atoms with Gasteiger partial charge in [-0.15, -0.1) is 0 Å². The van der Waals surface area contributed by atoms with Crippen LogP contribution in [0.4, 0.5) is 0 Å². The van der Waals surface area contributed by atoms with Crippen LogP contribution in [-0.2, 0) is 0 Å². The Morgan fingerprint density at radius 3 is 1.93 bits per heavy atom. The fourth-order valence-corrected chi connectivity index (χ4v) is 2.60. The summed E-state index contributed by atoms with van der Waals surface area (Å²) >= 11 is 0. The standard InChI is InChI=1S/C24H27NO4/c1-18(2)25-16-19(26)17-27-22-13-14-23(28-20-9-5-3-6-10-20)24(15-22)29-21-11-7-4-8-12-21/h3-15,18-19,25-26H,16-17H2,1-2H3.